The van der Waals surface area contributed by atoms with Gasteiger partial charge in [-0.05, 0) is 30.3 Å². The van der Waals surface area contributed by atoms with Crippen molar-refractivity contribution in [2.24, 2.45) is 0 Å². The Hall–Kier alpha value is -3.41. The average Bonchev–Trinajstić information content (AvgIpc) is 2.68. The molecule has 0 amide bonds. The third-order valence-electron chi connectivity index (χ3n) is 4.09. The molecule has 4 nitrogen and oxygen atoms in total. The summed E-state index contributed by atoms with van der Waals surface area (Å²) in [4.78, 5) is 12.6. The van der Waals surface area contributed by atoms with Crippen LogP contribution < -0.4 is 4.74 Å². The number of hydrogen-bond acceptors (Lipinski definition) is 4. The minimum absolute atomic E-state index is 0.311. The summed E-state index contributed by atoms with van der Waals surface area (Å²) in [5, 5.41) is 1.00. The second-order valence-electron chi connectivity index (χ2n) is 6.11. The number of alkyl halides is 2. The lowest BCUT2D eigenvalue weighted by molar-refractivity contribution is 0.0127. The van der Waals surface area contributed by atoms with Crippen molar-refractivity contribution in [3.05, 3.63) is 78.9 Å². The maximum absolute atomic E-state index is 13.3. The SMILES string of the molecule is CC(F)(F)c1ccc(Oc2ncccc2-c2cccc3cccnc23)cn1. The third kappa shape index (κ3) is 3.46. The fourth-order valence-electron chi connectivity index (χ4n) is 2.81. The predicted octanol–water partition coefficient (Wildman–Crippen LogP) is 5.60. The molecule has 134 valence electrons. The summed E-state index contributed by atoms with van der Waals surface area (Å²) < 4.78 is 32.5. The lowest BCUT2D eigenvalue weighted by Crippen LogP contribution is -2.09. The van der Waals surface area contributed by atoms with Crippen LogP contribution in [0.2, 0.25) is 0 Å². The van der Waals surface area contributed by atoms with Crippen molar-refractivity contribution < 1.29 is 13.5 Å². The van der Waals surface area contributed by atoms with E-state index in [0.717, 1.165) is 29.0 Å². The van der Waals surface area contributed by atoms with Crippen molar-refractivity contribution in [2.45, 2.75) is 12.8 Å². The first-order valence-corrected chi connectivity index (χ1v) is 8.34. The van der Waals surface area contributed by atoms with Gasteiger partial charge in [0.1, 0.15) is 11.4 Å². The van der Waals surface area contributed by atoms with Crippen LogP contribution in [-0.4, -0.2) is 15.0 Å². The Morgan fingerprint density at radius 3 is 2.33 bits per heavy atom. The van der Waals surface area contributed by atoms with Crippen LogP contribution in [0.25, 0.3) is 22.0 Å². The number of pyridine rings is 3. The van der Waals surface area contributed by atoms with Gasteiger partial charge in [0, 0.05) is 35.8 Å². The molecule has 0 bridgehead atoms. The van der Waals surface area contributed by atoms with Gasteiger partial charge >= 0.3 is 0 Å². The van der Waals surface area contributed by atoms with Gasteiger partial charge in [-0.3, -0.25) is 9.97 Å². The summed E-state index contributed by atoms with van der Waals surface area (Å²) in [7, 11) is 0. The maximum atomic E-state index is 13.3. The van der Waals surface area contributed by atoms with Crippen LogP contribution in [0.15, 0.2) is 73.2 Å². The van der Waals surface area contributed by atoms with Crippen LogP contribution in [0.1, 0.15) is 12.6 Å². The second-order valence-corrected chi connectivity index (χ2v) is 6.11. The first-order chi connectivity index (χ1) is 13.0. The van der Waals surface area contributed by atoms with Crippen LogP contribution in [0.3, 0.4) is 0 Å². The monoisotopic (exact) mass is 363 g/mol. The number of ether oxygens (including phenoxy) is 1. The highest BCUT2D eigenvalue weighted by molar-refractivity contribution is 5.94. The predicted molar refractivity (Wildman–Crippen MR) is 98.9 cm³/mol. The van der Waals surface area contributed by atoms with Gasteiger partial charge in [-0.15, -0.1) is 0 Å². The molecule has 0 fully saturated rings. The molecule has 0 spiro atoms. The first kappa shape index (κ1) is 17.0. The summed E-state index contributed by atoms with van der Waals surface area (Å²) in [6, 6.07) is 16.1. The van der Waals surface area contributed by atoms with E-state index in [-0.39, 0.29) is 5.69 Å². The molecule has 0 aliphatic carbocycles. The molecule has 0 atom stereocenters. The van der Waals surface area contributed by atoms with Crippen LogP contribution in [0.4, 0.5) is 8.78 Å². The fourth-order valence-corrected chi connectivity index (χ4v) is 2.81. The fraction of sp³-hybridized carbons (Fsp3) is 0.0952. The van der Waals surface area contributed by atoms with Gasteiger partial charge in [0.15, 0.2) is 0 Å². The topological polar surface area (TPSA) is 47.9 Å². The van der Waals surface area contributed by atoms with E-state index in [9.17, 15) is 8.78 Å². The van der Waals surface area contributed by atoms with E-state index in [1.54, 1.807) is 12.4 Å². The van der Waals surface area contributed by atoms with E-state index in [1.165, 1.54) is 18.3 Å². The van der Waals surface area contributed by atoms with Crippen molar-refractivity contribution in [1.82, 2.24) is 15.0 Å². The van der Waals surface area contributed by atoms with Gasteiger partial charge in [-0.1, -0.05) is 24.3 Å². The Labute approximate surface area is 154 Å². The molecule has 1 aromatic carbocycles. The zero-order valence-corrected chi connectivity index (χ0v) is 14.4. The van der Waals surface area contributed by atoms with Crippen LogP contribution in [0.5, 0.6) is 11.6 Å². The molecule has 0 N–H and O–H groups in total. The number of para-hydroxylation sites is 1. The van der Waals surface area contributed by atoms with Crippen LogP contribution >= 0.6 is 0 Å². The Bertz CT molecular complexity index is 1090. The van der Waals surface area contributed by atoms with Crippen molar-refractivity contribution in [3.8, 4) is 22.8 Å². The first-order valence-electron chi connectivity index (χ1n) is 8.34. The molecule has 27 heavy (non-hydrogen) atoms. The number of halogens is 2. The molecule has 0 aliphatic rings. The van der Waals surface area contributed by atoms with E-state index >= 15 is 0 Å². The minimum atomic E-state index is -3.00. The van der Waals surface area contributed by atoms with E-state index in [2.05, 4.69) is 15.0 Å². The highest BCUT2D eigenvalue weighted by atomic mass is 19.3. The maximum Gasteiger partial charge on any atom is 0.286 e. The van der Waals surface area contributed by atoms with E-state index in [4.69, 9.17) is 4.74 Å². The molecular formula is C21H15F2N3O. The number of fused-ring (bicyclic) bond motifs is 1. The van der Waals surface area contributed by atoms with Gasteiger partial charge < -0.3 is 4.74 Å². The summed E-state index contributed by atoms with van der Waals surface area (Å²) >= 11 is 0. The van der Waals surface area contributed by atoms with E-state index in [1.807, 2.05) is 42.5 Å². The third-order valence-corrected chi connectivity index (χ3v) is 4.09. The quantitative estimate of drug-likeness (QED) is 0.474. The molecule has 0 radical (unpaired) electrons. The van der Waals surface area contributed by atoms with E-state index in [0.29, 0.717) is 11.6 Å². The molecule has 6 heteroatoms. The Balaban J connectivity index is 1.74. The lowest BCUT2D eigenvalue weighted by atomic mass is 10.0. The number of nitrogens with zero attached hydrogens (tertiary/aromatic N) is 3. The number of rotatable bonds is 4. The largest absolute Gasteiger partial charge is 0.437 e. The zero-order chi connectivity index (χ0) is 18.9. The second kappa shape index (κ2) is 6.72. The van der Waals surface area contributed by atoms with Gasteiger partial charge in [0.05, 0.1) is 11.7 Å². The number of benzene rings is 1. The smallest absolute Gasteiger partial charge is 0.286 e. The van der Waals surface area contributed by atoms with Crippen LogP contribution in [-0.2, 0) is 5.92 Å². The van der Waals surface area contributed by atoms with Gasteiger partial charge in [0.25, 0.3) is 5.92 Å². The molecule has 0 unspecified atom stereocenters. The Morgan fingerprint density at radius 1 is 0.815 bits per heavy atom. The summed E-state index contributed by atoms with van der Waals surface area (Å²) in [6.07, 6.45) is 4.61. The van der Waals surface area contributed by atoms with Crippen molar-refractivity contribution in [3.63, 3.8) is 0 Å². The summed E-state index contributed by atoms with van der Waals surface area (Å²) in [6.45, 7) is 0.806. The zero-order valence-electron chi connectivity index (χ0n) is 14.4. The minimum Gasteiger partial charge on any atom is -0.437 e. The molecule has 4 aromatic rings. The normalized spacial score (nSPS) is 11.5. The molecule has 0 aliphatic heterocycles. The number of aromatic nitrogens is 3. The average molecular weight is 363 g/mol. The highest BCUT2D eigenvalue weighted by Crippen LogP contribution is 2.35. The van der Waals surface area contributed by atoms with Crippen molar-refractivity contribution >= 4 is 10.9 Å². The molecule has 3 aromatic heterocycles. The summed E-state index contributed by atoms with van der Waals surface area (Å²) in [5.74, 6) is -2.31. The molecule has 3 heterocycles. The summed E-state index contributed by atoms with van der Waals surface area (Å²) in [5.41, 5.74) is 2.15. The number of hydrogen-bond donors (Lipinski definition) is 0. The highest BCUT2D eigenvalue weighted by Gasteiger charge is 2.25. The Kier molecular flexibility index (Phi) is 4.24. The van der Waals surface area contributed by atoms with Gasteiger partial charge in [-0.2, -0.15) is 8.78 Å². The van der Waals surface area contributed by atoms with Gasteiger partial charge in [0.2, 0.25) is 5.88 Å². The Morgan fingerprint density at radius 2 is 1.56 bits per heavy atom. The van der Waals surface area contributed by atoms with Crippen molar-refractivity contribution in [1.29, 1.82) is 0 Å². The lowest BCUT2D eigenvalue weighted by Gasteiger charge is -2.13. The molecule has 0 saturated heterocycles. The van der Waals surface area contributed by atoms with Gasteiger partial charge in [-0.25, -0.2) is 4.98 Å². The standard InChI is InChI=1S/C21H15F2N3O/c1-21(22,23)18-10-9-15(13-26-18)27-20-17(8-4-12-25-20)16-7-2-5-14-6-3-11-24-19(14)16/h2-13H,1H3. The van der Waals surface area contributed by atoms with Crippen LogP contribution in [0, 0.1) is 0 Å². The molecule has 0 saturated carbocycles. The molecular weight excluding hydrogens is 348 g/mol. The van der Waals surface area contributed by atoms with Crippen molar-refractivity contribution in [2.75, 3.05) is 0 Å². The molecule has 4 rings (SSSR count). The van der Waals surface area contributed by atoms with E-state index < -0.39 is 5.92 Å².